The number of nitrogens with one attached hydrogen (secondary N) is 2. The molecule has 2 aromatic rings. The smallest absolute Gasteiger partial charge is 0.341 e. The fourth-order valence-corrected chi connectivity index (χ4v) is 6.51. The quantitative estimate of drug-likeness (QED) is 0.600. The zero-order valence-electron chi connectivity index (χ0n) is 19.0. The number of carbonyl (C=O) groups excluding carboxylic acids is 3. The lowest BCUT2D eigenvalue weighted by Crippen LogP contribution is -2.38. The van der Waals surface area contributed by atoms with Gasteiger partial charge in [0.25, 0.3) is 5.91 Å². The van der Waals surface area contributed by atoms with E-state index in [4.69, 9.17) is 4.74 Å². The highest BCUT2D eigenvalue weighted by atomic mass is 32.2. The lowest BCUT2D eigenvalue weighted by Gasteiger charge is -2.27. The van der Waals surface area contributed by atoms with Gasteiger partial charge in [0.1, 0.15) is 5.00 Å². The third kappa shape index (κ3) is 5.19. The molecule has 1 saturated heterocycles. The summed E-state index contributed by atoms with van der Waals surface area (Å²) >= 11 is 3.33. The van der Waals surface area contributed by atoms with Crippen molar-refractivity contribution < 1.29 is 19.1 Å². The Morgan fingerprint density at radius 3 is 2.64 bits per heavy atom. The molecule has 0 radical (unpaired) electrons. The number of ether oxygens (including phenoxy) is 1. The van der Waals surface area contributed by atoms with E-state index in [0.29, 0.717) is 16.1 Å². The van der Waals surface area contributed by atoms with Crippen LogP contribution in [0.4, 0.5) is 10.7 Å². The van der Waals surface area contributed by atoms with Crippen molar-refractivity contribution in [3.63, 3.8) is 0 Å². The Morgan fingerprint density at radius 1 is 1.12 bits per heavy atom. The fraction of sp³-hybridized carbons (Fsp3) is 0.458. The van der Waals surface area contributed by atoms with Gasteiger partial charge in [0, 0.05) is 40.7 Å². The first-order valence-electron chi connectivity index (χ1n) is 11.2. The minimum absolute atomic E-state index is 0.0298. The molecule has 9 heteroatoms. The predicted molar refractivity (Wildman–Crippen MR) is 134 cm³/mol. The highest BCUT2D eigenvalue weighted by molar-refractivity contribution is 7.99. The molecule has 1 aromatic heterocycles. The highest BCUT2D eigenvalue weighted by Gasteiger charge is 2.27. The molecule has 176 valence electrons. The third-order valence-electron chi connectivity index (χ3n) is 6.12. The second kappa shape index (κ2) is 10.6. The molecule has 2 heterocycles. The SMILES string of the molecule is COC(=O)c1c(NC(=O)CNc2cccc(C(=O)N3CCSCC3)c2C)sc2c1CCCC2. The minimum Gasteiger partial charge on any atom is -0.465 e. The Balaban J connectivity index is 1.44. The number of amides is 2. The summed E-state index contributed by atoms with van der Waals surface area (Å²) in [5.74, 6) is 1.30. The highest BCUT2D eigenvalue weighted by Crippen LogP contribution is 2.38. The van der Waals surface area contributed by atoms with Crippen molar-refractivity contribution in [3.8, 4) is 0 Å². The molecule has 33 heavy (non-hydrogen) atoms. The van der Waals surface area contributed by atoms with Crippen LogP contribution in [0.15, 0.2) is 18.2 Å². The molecular weight excluding hydrogens is 458 g/mol. The maximum absolute atomic E-state index is 12.9. The monoisotopic (exact) mass is 487 g/mol. The number of methoxy groups -OCH3 is 1. The van der Waals surface area contributed by atoms with E-state index in [1.54, 1.807) is 0 Å². The Labute approximate surface area is 202 Å². The number of fused-ring (bicyclic) bond motifs is 1. The van der Waals surface area contributed by atoms with Crippen LogP contribution in [-0.4, -0.2) is 60.9 Å². The van der Waals surface area contributed by atoms with E-state index in [-0.39, 0.29) is 18.4 Å². The lowest BCUT2D eigenvalue weighted by molar-refractivity contribution is -0.114. The zero-order valence-corrected chi connectivity index (χ0v) is 20.6. The molecule has 0 saturated carbocycles. The van der Waals surface area contributed by atoms with E-state index in [9.17, 15) is 14.4 Å². The average molecular weight is 488 g/mol. The van der Waals surface area contributed by atoms with E-state index in [1.807, 2.05) is 41.8 Å². The second-order valence-electron chi connectivity index (χ2n) is 8.19. The van der Waals surface area contributed by atoms with Crippen LogP contribution in [0.1, 0.15) is 49.6 Å². The van der Waals surface area contributed by atoms with Crippen LogP contribution < -0.4 is 10.6 Å². The van der Waals surface area contributed by atoms with Crippen LogP contribution in [-0.2, 0) is 22.4 Å². The van der Waals surface area contributed by atoms with Crippen molar-refractivity contribution in [1.29, 1.82) is 0 Å². The largest absolute Gasteiger partial charge is 0.465 e. The molecular formula is C24H29N3O4S2. The van der Waals surface area contributed by atoms with Gasteiger partial charge >= 0.3 is 5.97 Å². The third-order valence-corrected chi connectivity index (χ3v) is 8.27. The molecule has 1 aromatic carbocycles. The maximum atomic E-state index is 12.9. The molecule has 1 aliphatic carbocycles. The Hall–Kier alpha value is -2.52. The van der Waals surface area contributed by atoms with Crippen LogP contribution in [0.25, 0.3) is 0 Å². The summed E-state index contributed by atoms with van der Waals surface area (Å²) in [4.78, 5) is 41.1. The number of hydrogen-bond acceptors (Lipinski definition) is 7. The Bertz CT molecular complexity index is 1060. The molecule has 0 spiro atoms. The number of nitrogens with zero attached hydrogens (tertiary/aromatic N) is 1. The van der Waals surface area contributed by atoms with Gasteiger partial charge in [0.15, 0.2) is 0 Å². The number of benzene rings is 1. The summed E-state index contributed by atoms with van der Waals surface area (Å²) in [6.07, 6.45) is 3.88. The molecule has 4 rings (SSSR count). The maximum Gasteiger partial charge on any atom is 0.341 e. The first kappa shape index (κ1) is 23.6. The van der Waals surface area contributed by atoms with Crippen LogP contribution in [0.3, 0.4) is 0 Å². The lowest BCUT2D eigenvalue weighted by atomic mass is 9.95. The number of anilines is 2. The zero-order chi connectivity index (χ0) is 23.4. The summed E-state index contributed by atoms with van der Waals surface area (Å²) < 4.78 is 4.98. The summed E-state index contributed by atoms with van der Waals surface area (Å²) in [6.45, 7) is 3.45. The van der Waals surface area contributed by atoms with E-state index < -0.39 is 5.97 Å². The van der Waals surface area contributed by atoms with Crippen LogP contribution >= 0.6 is 23.1 Å². The van der Waals surface area contributed by atoms with E-state index in [2.05, 4.69) is 10.6 Å². The number of carbonyl (C=O) groups is 3. The molecule has 0 bridgehead atoms. The van der Waals surface area contributed by atoms with E-state index in [0.717, 1.165) is 72.0 Å². The van der Waals surface area contributed by atoms with Crippen LogP contribution in [0, 0.1) is 6.92 Å². The van der Waals surface area contributed by atoms with E-state index >= 15 is 0 Å². The van der Waals surface area contributed by atoms with Gasteiger partial charge in [-0.25, -0.2) is 4.79 Å². The van der Waals surface area contributed by atoms with Crippen LogP contribution in [0.2, 0.25) is 0 Å². The standard InChI is InChI=1S/C24H29N3O4S2/c1-15-16(23(29)27-10-12-32-13-11-27)7-5-8-18(15)25-14-20(28)26-22-21(24(30)31-2)17-6-3-4-9-19(17)33-22/h5,7-8,25H,3-4,6,9-14H2,1-2H3,(H,26,28). The molecule has 7 nitrogen and oxygen atoms in total. The normalized spacial score (nSPS) is 15.5. The van der Waals surface area contributed by atoms with Gasteiger partial charge in [0.05, 0.1) is 19.2 Å². The molecule has 1 aliphatic heterocycles. The molecule has 1 fully saturated rings. The first-order chi connectivity index (χ1) is 16.0. The van der Waals surface area contributed by atoms with Crippen molar-refractivity contribution >= 4 is 51.6 Å². The van der Waals surface area contributed by atoms with Gasteiger partial charge in [-0.2, -0.15) is 11.8 Å². The Kier molecular flexibility index (Phi) is 7.60. The summed E-state index contributed by atoms with van der Waals surface area (Å²) in [5.41, 5.74) is 3.75. The van der Waals surface area contributed by atoms with Crippen molar-refractivity contribution in [2.24, 2.45) is 0 Å². The summed E-state index contributed by atoms with van der Waals surface area (Å²) in [7, 11) is 1.36. The number of rotatable bonds is 6. The predicted octanol–water partition coefficient (Wildman–Crippen LogP) is 3.96. The molecule has 2 amide bonds. The molecule has 0 atom stereocenters. The average Bonchev–Trinajstić information content (AvgIpc) is 3.20. The fourth-order valence-electron chi connectivity index (χ4n) is 4.31. The van der Waals surface area contributed by atoms with Gasteiger partial charge in [-0.1, -0.05) is 6.07 Å². The van der Waals surface area contributed by atoms with Gasteiger partial charge in [-0.3, -0.25) is 9.59 Å². The Morgan fingerprint density at radius 2 is 1.88 bits per heavy atom. The molecule has 0 unspecified atom stereocenters. The first-order valence-corrected chi connectivity index (χ1v) is 13.2. The van der Waals surface area contributed by atoms with Crippen molar-refractivity contribution in [1.82, 2.24) is 4.90 Å². The second-order valence-corrected chi connectivity index (χ2v) is 10.5. The summed E-state index contributed by atoms with van der Waals surface area (Å²) in [6, 6.07) is 5.54. The van der Waals surface area contributed by atoms with Gasteiger partial charge < -0.3 is 20.3 Å². The van der Waals surface area contributed by atoms with Gasteiger partial charge in [-0.05, 0) is 55.9 Å². The number of thioether (sulfide) groups is 1. The number of esters is 1. The topological polar surface area (TPSA) is 87.7 Å². The van der Waals surface area contributed by atoms with Gasteiger partial charge in [0.2, 0.25) is 5.91 Å². The number of thiophene rings is 1. The summed E-state index contributed by atoms with van der Waals surface area (Å²) in [5, 5.41) is 6.62. The van der Waals surface area contributed by atoms with E-state index in [1.165, 1.54) is 18.4 Å². The number of hydrogen-bond donors (Lipinski definition) is 2. The van der Waals surface area contributed by atoms with Crippen LogP contribution in [0.5, 0.6) is 0 Å². The van der Waals surface area contributed by atoms with Crippen molar-refractivity contribution in [3.05, 3.63) is 45.3 Å². The van der Waals surface area contributed by atoms with Crippen molar-refractivity contribution in [2.75, 3.05) is 48.9 Å². The minimum atomic E-state index is -0.407. The molecule has 2 N–H and O–H groups in total. The van der Waals surface area contributed by atoms with Gasteiger partial charge in [-0.15, -0.1) is 11.3 Å². The number of aryl methyl sites for hydroxylation is 1. The van der Waals surface area contributed by atoms with Crippen molar-refractivity contribution in [2.45, 2.75) is 32.6 Å². The molecule has 2 aliphatic rings.